The molecule has 0 spiro atoms. The van der Waals surface area contributed by atoms with Crippen molar-refractivity contribution < 1.29 is 0 Å². The highest BCUT2D eigenvalue weighted by Gasteiger charge is 2.19. The Hall–Kier alpha value is -0.820. The van der Waals surface area contributed by atoms with Crippen molar-refractivity contribution in [2.75, 3.05) is 0 Å². The van der Waals surface area contributed by atoms with Gasteiger partial charge in [-0.15, -0.1) is 0 Å². The van der Waals surface area contributed by atoms with Gasteiger partial charge in [0.2, 0.25) is 0 Å². The van der Waals surface area contributed by atoms with Crippen molar-refractivity contribution in [3.05, 3.63) is 34.9 Å². The normalized spacial score (nSPS) is 24.2. The minimum atomic E-state index is 0.740. The maximum atomic E-state index is 3.76. The fourth-order valence-electron chi connectivity index (χ4n) is 3.28. The van der Waals surface area contributed by atoms with E-state index in [9.17, 15) is 0 Å². The van der Waals surface area contributed by atoms with Crippen molar-refractivity contribution in [1.29, 1.82) is 0 Å². The van der Waals surface area contributed by atoms with Crippen LogP contribution in [0.25, 0.3) is 0 Å². The lowest BCUT2D eigenvalue weighted by atomic mass is 9.84. The molecule has 18 heavy (non-hydrogen) atoms. The lowest BCUT2D eigenvalue weighted by Crippen LogP contribution is -2.33. The van der Waals surface area contributed by atoms with E-state index in [4.69, 9.17) is 0 Å². The minimum Gasteiger partial charge on any atom is -0.310 e. The Morgan fingerprint density at radius 2 is 1.83 bits per heavy atom. The van der Waals surface area contributed by atoms with Gasteiger partial charge >= 0.3 is 0 Å². The molecular formula is C17H27N. The molecule has 1 fully saturated rings. The zero-order chi connectivity index (χ0) is 13.0. The highest BCUT2D eigenvalue weighted by atomic mass is 14.9. The monoisotopic (exact) mass is 245 g/mol. The second-order valence-corrected chi connectivity index (χ2v) is 6.01. The first-order chi connectivity index (χ1) is 8.67. The van der Waals surface area contributed by atoms with Crippen LogP contribution in [0.15, 0.2) is 18.2 Å². The first-order valence-electron chi connectivity index (χ1n) is 7.48. The molecule has 2 unspecified atom stereocenters. The molecule has 1 nitrogen and oxygen atoms in total. The molecule has 1 saturated carbocycles. The van der Waals surface area contributed by atoms with Crippen LogP contribution in [-0.4, -0.2) is 6.04 Å². The van der Waals surface area contributed by atoms with Gasteiger partial charge in [0.05, 0.1) is 0 Å². The van der Waals surface area contributed by atoms with Crippen LogP contribution >= 0.6 is 0 Å². The topological polar surface area (TPSA) is 12.0 Å². The Balaban J connectivity index is 1.87. The molecular weight excluding hydrogens is 218 g/mol. The molecule has 1 aliphatic carbocycles. The highest BCUT2D eigenvalue weighted by molar-refractivity contribution is 5.28. The summed E-state index contributed by atoms with van der Waals surface area (Å²) in [4.78, 5) is 0. The van der Waals surface area contributed by atoms with Gasteiger partial charge in [0.25, 0.3) is 0 Å². The van der Waals surface area contributed by atoms with Crippen LogP contribution < -0.4 is 5.32 Å². The van der Waals surface area contributed by atoms with Gasteiger partial charge in [0, 0.05) is 12.6 Å². The summed E-state index contributed by atoms with van der Waals surface area (Å²) >= 11 is 0. The molecule has 1 aromatic rings. The molecule has 0 amide bonds. The third-order valence-electron chi connectivity index (χ3n) is 4.24. The van der Waals surface area contributed by atoms with E-state index >= 15 is 0 Å². The zero-order valence-corrected chi connectivity index (χ0v) is 12.1. The maximum absolute atomic E-state index is 3.76. The van der Waals surface area contributed by atoms with Gasteiger partial charge in [-0.3, -0.25) is 0 Å². The third-order valence-corrected chi connectivity index (χ3v) is 4.24. The molecule has 0 aliphatic heterocycles. The predicted molar refractivity (Wildman–Crippen MR) is 78.8 cm³/mol. The van der Waals surface area contributed by atoms with Gasteiger partial charge in [-0.25, -0.2) is 0 Å². The zero-order valence-electron chi connectivity index (χ0n) is 12.1. The molecule has 0 heterocycles. The SMILES string of the molecule is CCC1CCCC(NCc2cc(C)cc(C)c2)C1. The van der Waals surface area contributed by atoms with Crippen LogP contribution in [0.1, 0.15) is 55.7 Å². The van der Waals surface area contributed by atoms with Crippen LogP contribution in [0, 0.1) is 19.8 Å². The molecule has 2 rings (SSSR count). The van der Waals surface area contributed by atoms with Gasteiger partial charge in [-0.1, -0.05) is 55.5 Å². The largest absolute Gasteiger partial charge is 0.310 e. The summed E-state index contributed by atoms with van der Waals surface area (Å²) in [6.07, 6.45) is 6.94. The maximum Gasteiger partial charge on any atom is 0.0208 e. The number of nitrogens with one attached hydrogen (secondary N) is 1. The van der Waals surface area contributed by atoms with Crippen LogP contribution in [0.2, 0.25) is 0 Å². The summed E-state index contributed by atoms with van der Waals surface area (Å²) in [6, 6.07) is 7.60. The van der Waals surface area contributed by atoms with Crippen molar-refractivity contribution in [3.8, 4) is 0 Å². The summed E-state index contributed by atoms with van der Waals surface area (Å²) in [5.74, 6) is 0.954. The van der Waals surface area contributed by atoms with Gasteiger partial charge in [-0.05, 0) is 38.2 Å². The van der Waals surface area contributed by atoms with Crippen molar-refractivity contribution in [3.63, 3.8) is 0 Å². The molecule has 1 N–H and O–H groups in total. The predicted octanol–water partition coefficient (Wildman–Crippen LogP) is 4.36. The van der Waals surface area contributed by atoms with Gasteiger partial charge < -0.3 is 5.32 Å². The molecule has 0 aromatic heterocycles. The number of aryl methyl sites for hydroxylation is 2. The van der Waals surface area contributed by atoms with E-state index in [0.29, 0.717) is 0 Å². The Morgan fingerprint density at radius 3 is 2.50 bits per heavy atom. The van der Waals surface area contributed by atoms with Crippen LogP contribution in [-0.2, 0) is 6.54 Å². The van der Waals surface area contributed by atoms with Gasteiger partial charge in [-0.2, -0.15) is 0 Å². The van der Waals surface area contributed by atoms with Crippen molar-refractivity contribution in [2.45, 2.75) is 65.5 Å². The van der Waals surface area contributed by atoms with Crippen molar-refractivity contribution in [1.82, 2.24) is 5.32 Å². The highest BCUT2D eigenvalue weighted by Crippen LogP contribution is 2.26. The van der Waals surface area contributed by atoms with E-state index in [1.165, 1.54) is 48.8 Å². The number of benzene rings is 1. The fourth-order valence-corrected chi connectivity index (χ4v) is 3.28. The smallest absolute Gasteiger partial charge is 0.0208 e. The molecule has 2 atom stereocenters. The molecule has 0 bridgehead atoms. The van der Waals surface area contributed by atoms with E-state index in [-0.39, 0.29) is 0 Å². The lowest BCUT2D eigenvalue weighted by Gasteiger charge is -2.29. The van der Waals surface area contributed by atoms with E-state index in [1.807, 2.05) is 0 Å². The molecule has 1 aromatic carbocycles. The van der Waals surface area contributed by atoms with Crippen LogP contribution in [0.3, 0.4) is 0 Å². The lowest BCUT2D eigenvalue weighted by molar-refractivity contribution is 0.278. The van der Waals surface area contributed by atoms with Gasteiger partial charge in [0.1, 0.15) is 0 Å². The van der Waals surface area contributed by atoms with E-state index < -0.39 is 0 Å². The first kappa shape index (κ1) is 13.6. The van der Waals surface area contributed by atoms with Crippen molar-refractivity contribution >= 4 is 0 Å². The summed E-state index contributed by atoms with van der Waals surface area (Å²) in [5.41, 5.74) is 4.19. The quantitative estimate of drug-likeness (QED) is 0.831. The Morgan fingerprint density at radius 1 is 1.11 bits per heavy atom. The van der Waals surface area contributed by atoms with E-state index in [1.54, 1.807) is 0 Å². The second kappa shape index (κ2) is 6.38. The molecule has 0 saturated heterocycles. The first-order valence-corrected chi connectivity index (χ1v) is 7.48. The average Bonchev–Trinajstić information content (AvgIpc) is 2.35. The van der Waals surface area contributed by atoms with Crippen molar-refractivity contribution in [2.24, 2.45) is 5.92 Å². The summed E-state index contributed by atoms with van der Waals surface area (Å²) in [5, 5.41) is 3.76. The number of hydrogen-bond donors (Lipinski definition) is 1. The van der Waals surface area contributed by atoms with Crippen LogP contribution in [0.5, 0.6) is 0 Å². The Kier molecular flexibility index (Phi) is 4.82. The standard InChI is InChI=1S/C17H27N/c1-4-15-6-5-7-17(11-15)18-12-16-9-13(2)8-14(3)10-16/h8-10,15,17-18H,4-7,11-12H2,1-3H3. The Labute approximate surface area is 112 Å². The number of rotatable bonds is 4. The van der Waals surface area contributed by atoms with E-state index in [0.717, 1.165) is 18.5 Å². The van der Waals surface area contributed by atoms with E-state index in [2.05, 4.69) is 44.3 Å². The minimum absolute atomic E-state index is 0.740. The fraction of sp³-hybridized carbons (Fsp3) is 0.647. The van der Waals surface area contributed by atoms with Crippen LogP contribution in [0.4, 0.5) is 0 Å². The number of hydrogen-bond acceptors (Lipinski definition) is 1. The van der Waals surface area contributed by atoms with Gasteiger partial charge in [0.15, 0.2) is 0 Å². The molecule has 0 radical (unpaired) electrons. The molecule has 1 aliphatic rings. The molecule has 1 heteroatoms. The Bertz CT molecular complexity index is 363. The summed E-state index contributed by atoms with van der Waals surface area (Å²) < 4.78 is 0. The second-order valence-electron chi connectivity index (χ2n) is 6.01. The average molecular weight is 245 g/mol. The third kappa shape index (κ3) is 3.84. The summed E-state index contributed by atoms with van der Waals surface area (Å²) in [6.45, 7) is 7.73. The summed E-state index contributed by atoms with van der Waals surface area (Å²) in [7, 11) is 0. The molecule has 100 valence electrons.